The van der Waals surface area contributed by atoms with Gasteiger partial charge in [0.05, 0.1) is 24.2 Å². The van der Waals surface area contributed by atoms with Crippen LogP contribution in [0.5, 0.6) is 5.75 Å². The predicted molar refractivity (Wildman–Crippen MR) is 95.8 cm³/mol. The zero-order valence-electron chi connectivity index (χ0n) is 13.6. The Kier molecular flexibility index (Phi) is 5.56. The summed E-state index contributed by atoms with van der Waals surface area (Å²) >= 11 is 6.19. The first-order valence-corrected chi connectivity index (χ1v) is 8.57. The quantitative estimate of drug-likeness (QED) is 0.882. The summed E-state index contributed by atoms with van der Waals surface area (Å²) < 4.78 is 5.69. The van der Waals surface area contributed by atoms with Crippen LogP contribution in [-0.2, 0) is 4.79 Å². The predicted octanol–water partition coefficient (Wildman–Crippen LogP) is 3.10. The van der Waals surface area contributed by atoms with Crippen LogP contribution in [-0.4, -0.2) is 25.0 Å². The summed E-state index contributed by atoms with van der Waals surface area (Å²) in [5.74, 6) is 0.103. The number of hydrogen-bond acceptors (Lipinski definition) is 3. The Hall–Kier alpha value is -2.53. The second kappa shape index (κ2) is 8.03. The van der Waals surface area contributed by atoms with Crippen LogP contribution in [0, 0.1) is 0 Å². The van der Waals surface area contributed by atoms with Crippen molar-refractivity contribution in [1.29, 1.82) is 0 Å². The van der Waals surface area contributed by atoms with Gasteiger partial charge in [0.25, 0.3) is 5.91 Å². The summed E-state index contributed by atoms with van der Waals surface area (Å²) in [6.07, 6.45) is 1.57. The van der Waals surface area contributed by atoms with Crippen LogP contribution in [0.2, 0.25) is 5.02 Å². The second-order valence-corrected chi connectivity index (χ2v) is 6.22. The summed E-state index contributed by atoms with van der Waals surface area (Å²) in [7, 11) is 0. The topological polar surface area (TPSA) is 67.4 Å². The fourth-order valence-corrected chi connectivity index (χ4v) is 3.05. The molecule has 3 rings (SSSR count). The normalized spacial score (nSPS) is 16.1. The molecule has 1 heterocycles. The number of fused-ring (bicyclic) bond motifs is 1. The van der Waals surface area contributed by atoms with Gasteiger partial charge in [0.1, 0.15) is 5.75 Å². The summed E-state index contributed by atoms with van der Waals surface area (Å²) in [6, 6.07) is 14.1. The molecule has 25 heavy (non-hydrogen) atoms. The molecule has 6 heteroatoms. The highest BCUT2D eigenvalue weighted by Gasteiger charge is 2.23. The lowest BCUT2D eigenvalue weighted by molar-refractivity contribution is -0.120. The van der Waals surface area contributed by atoms with Crippen LogP contribution in [0.1, 0.15) is 34.8 Å². The van der Waals surface area contributed by atoms with Gasteiger partial charge in [0.15, 0.2) is 0 Å². The third kappa shape index (κ3) is 4.31. The van der Waals surface area contributed by atoms with Crippen molar-refractivity contribution in [3.05, 3.63) is 64.7 Å². The van der Waals surface area contributed by atoms with Gasteiger partial charge in [-0.15, -0.1) is 0 Å². The molecule has 2 aromatic carbocycles. The Morgan fingerprint density at radius 1 is 1.12 bits per heavy atom. The van der Waals surface area contributed by atoms with Crippen LogP contribution in [0.25, 0.3) is 0 Å². The molecule has 1 atom stereocenters. The molecular weight excluding hydrogens is 340 g/mol. The van der Waals surface area contributed by atoms with Gasteiger partial charge in [-0.05, 0) is 31.0 Å². The van der Waals surface area contributed by atoms with Crippen LogP contribution >= 0.6 is 11.6 Å². The zero-order valence-corrected chi connectivity index (χ0v) is 14.4. The SMILES string of the molecule is O=C(CNC(=O)c1ccccc1)NC1CCCOc2c(Cl)cccc21. The Morgan fingerprint density at radius 3 is 2.72 bits per heavy atom. The monoisotopic (exact) mass is 358 g/mol. The van der Waals surface area contributed by atoms with E-state index in [9.17, 15) is 9.59 Å². The molecule has 0 fully saturated rings. The van der Waals surface area contributed by atoms with Gasteiger partial charge in [0.2, 0.25) is 5.91 Å². The first-order valence-electron chi connectivity index (χ1n) is 8.19. The van der Waals surface area contributed by atoms with E-state index >= 15 is 0 Å². The van der Waals surface area contributed by atoms with Crippen LogP contribution < -0.4 is 15.4 Å². The molecule has 2 amide bonds. The average Bonchev–Trinajstić information content (AvgIpc) is 2.84. The molecule has 0 aromatic heterocycles. The van der Waals surface area contributed by atoms with Crippen LogP contribution in [0.15, 0.2) is 48.5 Å². The molecule has 0 aliphatic carbocycles. The highest BCUT2D eigenvalue weighted by Crippen LogP contribution is 2.36. The molecular formula is C19H19ClN2O3. The number of rotatable bonds is 4. The molecule has 2 aromatic rings. The summed E-state index contributed by atoms with van der Waals surface area (Å²) in [6.45, 7) is 0.481. The van der Waals surface area contributed by atoms with E-state index in [1.54, 1.807) is 30.3 Å². The van der Waals surface area contributed by atoms with Gasteiger partial charge in [-0.1, -0.05) is 41.9 Å². The lowest BCUT2D eigenvalue weighted by Gasteiger charge is -2.19. The van der Waals surface area contributed by atoms with E-state index in [2.05, 4.69) is 10.6 Å². The van der Waals surface area contributed by atoms with Crippen molar-refractivity contribution in [3.8, 4) is 5.75 Å². The van der Waals surface area contributed by atoms with Gasteiger partial charge < -0.3 is 15.4 Å². The molecule has 1 aliphatic rings. The highest BCUT2D eigenvalue weighted by molar-refractivity contribution is 6.32. The molecule has 0 saturated heterocycles. The first kappa shape index (κ1) is 17.3. The number of carbonyl (C=O) groups is 2. The second-order valence-electron chi connectivity index (χ2n) is 5.82. The summed E-state index contributed by atoms with van der Waals surface area (Å²) in [4.78, 5) is 24.3. The van der Waals surface area contributed by atoms with Gasteiger partial charge in [-0.25, -0.2) is 0 Å². The first-order chi connectivity index (χ1) is 12.1. The zero-order chi connectivity index (χ0) is 17.6. The number of benzene rings is 2. The molecule has 0 radical (unpaired) electrons. The number of hydrogen-bond donors (Lipinski definition) is 2. The summed E-state index contributed by atoms with van der Waals surface area (Å²) in [5, 5.41) is 6.13. The number of ether oxygens (including phenoxy) is 1. The molecule has 0 bridgehead atoms. The van der Waals surface area contributed by atoms with Crippen molar-refractivity contribution >= 4 is 23.4 Å². The van der Waals surface area contributed by atoms with E-state index in [4.69, 9.17) is 16.3 Å². The van der Waals surface area contributed by atoms with E-state index in [1.807, 2.05) is 18.2 Å². The average molecular weight is 359 g/mol. The molecule has 130 valence electrons. The molecule has 1 unspecified atom stereocenters. The molecule has 5 nitrogen and oxygen atoms in total. The van der Waals surface area contributed by atoms with E-state index in [-0.39, 0.29) is 24.4 Å². The van der Waals surface area contributed by atoms with Crippen molar-refractivity contribution in [1.82, 2.24) is 10.6 Å². The van der Waals surface area contributed by atoms with E-state index in [0.29, 0.717) is 22.9 Å². The highest BCUT2D eigenvalue weighted by atomic mass is 35.5. The lowest BCUT2D eigenvalue weighted by Crippen LogP contribution is -2.38. The van der Waals surface area contributed by atoms with E-state index in [0.717, 1.165) is 18.4 Å². The maximum Gasteiger partial charge on any atom is 0.251 e. The third-order valence-corrected chi connectivity index (χ3v) is 4.33. The number of carbonyl (C=O) groups excluding carboxylic acids is 2. The minimum Gasteiger partial charge on any atom is -0.492 e. The van der Waals surface area contributed by atoms with E-state index in [1.165, 1.54) is 0 Å². The largest absolute Gasteiger partial charge is 0.492 e. The fourth-order valence-electron chi connectivity index (χ4n) is 2.82. The maximum atomic E-state index is 12.3. The van der Waals surface area contributed by atoms with Crippen molar-refractivity contribution in [2.45, 2.75) is 18.9 Å². The number of halogens is 1. The van der Waals surface area contributed by atoms with Crippen LogP contribution in [0.4, 0.5) is 0 Å². The van der Waals surface area contributed by atoms with Crippen molar-refractivity contribution < 1.29 is 14.3 Å². The lowest BCUT2D eigenvalue weighted by atomic mass is 10.0. The van der Waals surface area contributed by atoms with Gasteiger partial charge in [-0.2, -0.15) is 0 Å². The number of nitrogens with one attached hydrogen (secondary N) is 2. The molecule has 0 spiro atoms. The number of para-hydroxylation sites is 1. The molecule has 1 aliphatic heterocycles. The van der Waals surface area contributed by atoms with Gasteiger partial charge in [-0.3, -0.25) is 9.59 Å². The Morgan fingerprint density at radius 2 is 1.92 bits per heavy atom. The number of amides is 2. The fraction of sp³-hybridized carbons (Fsp3) is 0.263. The third-order valence-electron chi connectivity index (χ3n) is 4.04. The molecule has 0 saturated carbocycles. The van der Waals surface area contributed by atoms with Gasteiger partial charge >= 0.3 is 0 Å². The Balaban J connectivity index is 1.62. The minimum atomic E-state index is -0.275. The minimum absolute atomic E-state index is 0.0824. The van der Waals surface area contributed by atoms with Crippen molar-refractivity contribution in [2.75, 3.05) is 13.2 Å². The standard InChI is InChI=1S/C19H19ClN2O3/c20-15-9-4-8-14-16(10-5-11-25-18(14)15)22-17(23)12-21-19(24)13-6-2-1-3-7-13/h1-4,6-9,16H,5,10-12H2,(H,21,24)(H,22,23). The van der Waals surface area contributed by atoms with Crippen molar-refractivity contribution in [2.24, 2.45) is 0 Å². The van der Waals surface area contributed by atoms with Crippen LogP contribution in [0.3, 0.4) is 0 Å². The smallest absolute Gasteiger partial charge is 0.251 e. The summed E-state index contributed by atoms with van der Waals surface area (Å²) in [5.41, 5.74) is 1.39. The maximum absolute atomic E-state index is 12.3. The Labute approximate surface area is 151 Å². The van der Waals surface area contributed by atoms with E-state index < -0.39 is 0 Å². The van der Waals surface area contributed by atoms with Crippen molar-refractivity contribution in [3.63, 3.8) is 0 Å². The van der Waals surface area contributed by atoms with Gasteiger partial charge in [0, 0.05) is 11.1 Å². The Bertz CT molecular complexity index is 765. The molecule has 2 N–H and O–H groups in total.